The fraction of sp³-hybridized carbons (Fsp3) is 0.538. The lowest BCUT2D eigenvalue weighted by Gasteiger charge is -2.11. The summed E-state index contributed by atoms with van der Waals surface area (Å²) >= 11 is 3.45. The number of benzene rings is 1. The van der Waals surface area contributed by atoms with Crippen molar-refractivity contribution < 1.29 is 9.84 Å². The highest BCUT2D eigenvalue weighted by Crippen LogP contribution is 2.22. The molecule has 3 nitrogen and oxygen atoms in total. The Labute approximate surface area is 111 Å². The van der Waals surface area contributed by atoms with E-state index in [9.17, 15) is 5.11 Å². The van der Waals surface area contributed by atoms with Crippen LogP contribution in [0.4, 0.5) is 0 Å². The molecule has 1 unspecified atom stereocenters. The highest BCUT2D eigenvalue weighted by Gasteiger charge is 2.04. The molecule has 0 aromatic heterocycles. The van der Waals surface area contributed by atoms with E-state index in [1.165, 1.54) is 0 Å². The van der Waals surface area contributed by atoms with Crippen molar-refractivity contribution in [3.05, 3.63) is 28.2 Å². The van der Waals surface area contributed by atoms with Crippen molar-refractivity contribution in [2.24, 2.45) is 0 Å². The number of methoxy groups -OCH3 is 1. The van der Waals surface area contributed by atoms with Crippen LogP contribution in [0.25, 0.3) is 0 Å². The Morgan fingerprint density at radius 1 is 1.47 bits per heavy atom. The summed E-state index contributed by atoms with van der Waals surface area (Å²) in [7, 11) is 1.67. The summed E-state index contributed by atoms with van der Waals surface area (Å²) in [5, 5.41) is 12.7. The Morgan fingerprint density at radius 2 is 2.24 bits per heavy atom. The summed E-state index contributed by atoms with van der Waals surface area (Å²) < 4.78 is 6.33. The van der Waals surface area contributed by atoms with Crippen LogP contribution >= 0.6 is 15.9 Å². The molecule has 1 aromatic rings. The third-order valence-corrected chi connectivity index (χ3v) is 3.18. The third kappa shape index (κ3) is 5.06. The first kappa shape index (κ1) is 14.5. The van der Waals surface area contributed by atoms with Crippen LogP contribution in [0, 0.1) is 0 Å². The van der Waals surface area contributed by atoms with Crippen LogP contribution in [0.3, 0.4) is 0 Å². The summed E-state index contributed by atoms with van der Waals surface area (Å²) in [4.78, 5) is 0. The van der Waals surface area contributed by atoms with Gasteiger partial charge in [-0.05, 0) is 37.6 Å². The Morgan fingerprint density at radius 3 is 2.88 bits per heavy atom. The second-order valence-electron chi connectivity index (χ2n) is 3.98. The van der Waals surface area contributed by atoms with Gasteiger partial charge in [-0.25, -0.2) is 0 Å². The smallest absolute Gasteiger partial charge is 0.123 e. The van der Waals surface area contributed by atoms with Crippen molar-refractivity contribution in [1.29, 1.82) is 0 Å². The molecule has 0 radical (unpaired) electrons. The predicted octanol–water partition coefficient (Wildman–Crippen LogP) is 2.71. The number of aliphatic hydroxyl groups excluding tert-OH is 1. The van der Waals surface area contributed by atoms with E-state index in [-0.39, 0.29) is 6.10 Å². The number of nitrogens with one attached hydrogen (secondary N) is 1. The van der Waals surface area contributed by atoms with Crippen molar-refractivity contribution >= 4 is 15.9 Å². The fourth-order valence-corrected chi connectivity index (χ4v) is 1.99. The lowest BCUT2D eigenvalue weighted by molar-refractivity contribution is 0.159. The second-order valence-corrected chi connectivity index (χ2v) is 4.90. The molecule has 0 saturated heterocycles. The van der Waals surface area contributed by atoms with E-state index in [1.54, 1.807) is 7.11 Å². The molecule has 4 heteroatoms. The van der Waals surface area contributed by atoms with E-state index in [1.807, 2.05) is 25.1 Å². The average Bonchev–Trinajstić information content (AvgIpc) is 2.34. The Bertz CT molecular complexity index is 344. The van der Waals surface area contributed by atoms with Crippen LogP contribution < -0.4 is 10.1 Å². The van der Waals surface area contributed by atoms with Crippen LogP contribution in [0.15, 0.2) is 22.7 Å². The van der Waals surface area contributed by atoms with E-state index in [4.69, 9.17) is 4.74 Å². The van der Waals surface area contributed by atoms with E-state index >= 15 is 0 Å². The van der Waals surface area contributed by atoms with Crippen molar-refractivity contribution in [1.82, 2.24) is 5.32 Å². The maximum atomic E-state index is 9.43. The van der Waals surface area contributed by atoms with Gasteiger partial charge in [0.25, 0.3) is 0 Å². The van der Waals surface area contributed by atoms with Gasteiger partial charge in [0.05, 0.1) is 13.2 Å². The molecule has 0 aliphatic heterocycles. The van der Waals surface area contributed by atoms with Gasteiger partial charge in [-0.15, -0.1) is 0 Å². The van der Waals surface area contributed by atoms with Crippen LogP contribution in [-0.2, 0) is 6.54 Å². The van der Waals surface area contributed by atoms with Gasteiger partial charge in [0.15, 0.2) is 0 Å². The molecule has 0 amide bonds. The molecule has 0 saturated carbocycles. The SMILES string of the molecule is CCC(O)CCNCc1cc(Br)ccc1OC. The standard InChI is InChI=1S/C13H20BrNO2/c1-3-12(16)6-7-15-9-10-8-11(14)4-5-13(10)17-2/h4-5,8,12,15-16H,3,6-7,9H2,1-2H3. The number of hydrogen-bond donors (Lipinski definition) is 2. The first-order chi connectivity index (χ1) is 8.17. The van der Waals surface area contributed by atoms with Crippen molar-refractivity contribution in [2.45, 2.75) is 32.4 Å². The Kier molecular flexibility index (Phi) is 6.55. The summed E-state index contributed by atoms with van der Waals surface area (Å²) in [5.41, 5.74) is 1.12. The van der Waals surface area contributed by atoms with E-state index in [0.29, 0.717) is 0 Å². The van der Waals surface area contributed by atoms with Crippen LogP contribution in [0.2, 0.25) is 0 Å². The van der Waals surface area contributed by atoms with Gasteiger partial charge in [0.1, 0.15) is 5.75 Å². The lowest BCUT2D eigenvalue weighted by Crippen LogP contribution is -2.20. The first-order valence-corrected chi connectivity index (χ1v) is 6.67. The summed E-state index contributed by atoms with van der Waals surface area (Å²) in [6.07, 6.45) is 1.39. The molecule has 0 spiro atoms. The van der Waals surface area contributed by atoms with E-state index in [2.05, 4.69) is 21.2 Å². The number of ether oxygens (including phenoxy) is 1. The van der Waals surface area contributed by atoms with Gasteiger partial charge in [-0.1, -0.05) is 22.9 Å². The summed E-state index contributed by atoms with van der Waals surface area (Å²) in [6, 6.07) is 5.95. The maximum Gasteiger partial charge on any atom is 0.123 e. The largest absolute Gasteiger partial charge is 0.496 e. The molecule has 17 heavy (non-hydrogen) atoms. The van der Waals surface area contributed by atoms with Crippen LogP contribution in [0.5, 0.6) is 5.75 Å². The number of rotatable bonds is 7. The second kappa shape index (κ2) is 7.69. The zero-order valence-corrected chi connectivity index (χ0v) is 12.0. The minimum absolute atomic E-state index is 0.202. The minimum atomic E-state index is -0.202. The predicted molar refractivity (Wildman–Crippen MR) is 73.3 cm³/mol. The molecule has 0 heterocycles. The number of aliphatic hydroxyl groups is 1. The molecule has 1 aromatic carbocycles. The van der Waals surface area contributed by atoms with Crippen LogP contribution in [0.1, 0.15) is 25.3 Å². The topological polar surface area (TPSA) is 41.5 Å². The molecule has 1 rings (SSSR count). The first-order valence-electron chi connectivity index (χ1n) is 5.88. The van der Waals surface area contributed by atoms with Crippen LogP contribution in [-0.4, -0.2) is 24.9 Å². The fourth-order valence-electron chi connectivity index (χ4n) is 1.58. The van der Waals surface area contributed by atoms with Crippen molar-refractivity contribution in [3.8, 4) is 5.75 Å². The summed E-state index contributed by atoms with van der Waals surface area (Å²) in [5.74, 6) is 0.886. The quantitative estimate of drug-likeness (QED) is 0.761. The highest BCUT2D eigenvalue weighted by atomic mass is 79.9. The highest BCUT2D eigenvalue weighted by molar-refractivity contribution is 9.10. The maximum absolute atomic E-state index is 9.43. The van der Waals surface area contributed by atoms with Crippen molar-refractivity contribution in [2.75, 3.05) is 13.7 Å². The molecule has 96 valence electrons. The van der Waals surface area contributed by atoms with E-state index in [0.717, 1.165) is 41.7 Å². The summed E-state index contributed by atoms with van der Waals surface area (Å²) in [6.45, 7) is 3.55. The minimum Gasteiger partial charge on any atom is -0.496 e. The van der Waals surface area contributed by atoms with Gasteiger partial charge in [0.2, 0.25) is 0 Å². The number of halogens is 1. The van der Waals surface area contributed by atoms with Gasteiger partial charge in [0, 0.05) is 16.6 Å². The Hall–Kier alpha value is -0.580. The van der Waals surface area contributed by atoms with Crippen molar-refractivity contribution in [3.63, 3.8) is 0 Å². The Balaban J connectivity index is 2.42. The molecular formula is C13H20BrNO2. The third-order valence-electron chi connectivity index (χ3n) is 2.68. The number of hydrogen-bond acceptors (Lipinski definition) is 3. The zero-order valence-electron chi connectivity index (χ0n) is 10.4. The van der Waals surface area contributed by atoms with Gasteiger partial charge in [-0.2, -0.15) is 0 Å². The molecule has 1 atom stereocenters. The van der Waals surface area contributed by atoms with Gasteiger partial charge >= 0.3 is 0 Å². The molecule has 0 aliphatic carbocycles. The van der Waals surface area contributed by atoms with Gasteiger partial charge in [-0.3, -0.25) is 0 Å². The monoisotopic (exact) mass is 301 g/mol. The molecule has 0 aliphatic rings. The molecule has 0 bridgehead atoms. The molecule has 0 fully saturated rings. The van der Waals surface area contributed by atoms with E-state index < -0.39 is 0 Å². The molecular weight excluding hydrogens is 282 g/mol. The average molecular weight is 302 g/mol. The van der Waals surface area contributed by atoms with Gasteiger partial charge < -0.3 is 15.2 Å². The zero-order chi connectivity index (χ0) is 12.7. The lowest BCUT2D eigenvalue weighted by atomic mass is 10.2. The normalized spacial score (nSPS) is 12.5. The molecule has 2 N–H and O–H groups in total.